The molecule has 0 aromatic carbocycles. The van der Waals surface area contributed by atoms with Crippen molar-refractivity contribution >= 4 is 0 Å². The van der Waals surface area contributed by atoms with Crippen LogP contribution in [0.3, 0.4) is 0 Å². The van der Waals surface area contributed by atoms with Gasteiger partial charge in [-0.05, 0) is 0 Å². The van der Waals surface area contributed by atoms with E-state index in [1.165, 1.54) is 7.11 Å². The van der Waals surface area contributed by atoms with Crippen LogP contribution in [0.4, 0.5) is 4.39 Å². The second-order valence-electron chi connectivity index (χ2n) is 8.54. The molecule has 0 radical (unpaired) electrons. The molecule has 0 aromatic heterocycles. The summed E-state index contributed by atoms with van der Waals surface area (Å²) in [7, 11) is 1.17. The molecular weight excluding hydrogens is 487 g/mol. The third-order valence-electron chi connectivity index (χ3n) is 6.24. The molecule has 0 aliphatic carbocycles. The summed E-state index contributed by atoms with van der Waals surface area (Å²) in [6.45, 7) is -2.07. The fraction of sp³-hybridized carbons (Fsp3) is 1.00. The lowest BCUT2D eigenvalue weighted by molar-refractivity contribution is -0.363. The highest BCUT2D eigenvalue weighted by molar-refractivity contribution is 4.95. The Morgan fingerprint density at radius 1 is 0.629 bits per heavy atom. The molecule has 3 rings (SSSR count). The average Bonchev–Trinajstić information content (AvgIpc) is 2.85. The van der Waals surface area contributed by atoms with Gasteiger partial charge in [-0.3, -0.25) is 0 Å². The van der Waals surface area contributed by atoms with Gasteiger partial charge in [0, 0.05) is 7.11 Å². The molecule has 0 aromatic rings. The molecular formula is C19H33FO15. The first-order valence-corrected chi connectivity index (χ1v) is 10.9. The van der Waals surface area contributed by atoms with Crippen LogP contribution in [0.2, 0.25) is 0 Å². The lowest BCUT2D eigenvalue weighted by atomic mass is 9.97. The van der Waals surface area contributed by atoms with Crippen molar-refractivity contribution in [2.45, 2.75) is 92.2 Å². The number of ether oxygens (including phenoxy) is 6. The van der Waals surface area contributed by atoms with E-state index in [4.69, 9.17) is 28.4 Å². The molecule has 206 valence electrons. The van der Waals surface area contributed by atoms with Crippen LogP contribution in [0.5, 0.6) is 0 Å². The number of methoxy groups -OCH3 is 1. The summed E-state index contributed by atoms with van der Waals surface area (Å²) in [4.78, 5) is 0. The van der Waals surface area contributed by atoms with Crippen LogP contribution >= 0.6 is 0 Å². The van der Waals surface area contributed by atoms with Gasteiger partial charge in [0.15, 0.2) is 25.0 Å². The minimum absolute atomic E-state index is 0.603. The average molecular weight is 520 g/mol. The van der Waals surface area contributed by atoms with Crippen LogP contribution in [0.15, 0.2) is 0 Å². The third kappa shape index (κ3) is 5.92. The molecule has 0 spiro atoms. The topological polar surface area (TPSA) is 237 Å². The molecule has 0 saturated carbocycles. The summed E-state index contributed by atoms with van der Waals surface area (Å²) in [5.41, 5.74) is 0. The Kier molecular flexibility index (Phi) is 10.1. The van der Waals surface area contributed by atoms with Crippen LogP contribution in [0.1, 0.15) is 0 Å². The number of halogens is 1. The molecule has 9 N–H and O–H groups in total. The molecule has 0 amide bonds. The third-order valence-corrected chi connectivity index (χ3v) is 6.24. The lowest BCUT2D eigenvalue weighted by Crippen LogP contribution is -2.65. The Labute approximate surface area is 198 Å². The SMILES string of the molecule is CO[C@@H]1O[C@H](CO[C@H]2O[C@H](CO)[C@@H](O)[C@H](O)[C@@H]2F)[C@@H](O)[C@H](O[C@H]2O[C@H](CO)[C@@H](O)[C@H](O)[C@@H]2O)[C@@H]1O. The number of aliphatic hydroxyl groups is 9. The van der Waals surface area contributed by atoms with Gasteiger partial charge in [0.25, 0.3) is 0 Å². The summed E-state index contributed by atoms with van der Waals surface area (Å²) >= 11 is 0. The molecule has 3 aliphatic rings. The van der Waals surface area contributed by atoms with Crippen molar-refractivity contribution in [2.24, 2.45) is 0 Å². The van der Waals surface area contributed by atoms with Gasteiger partial charge in [0.2, 0.25) is 0 Å². The van der Waals surface area contributed by atoms with Gasteiger partial charge < -0.3 is 74.4 Å². The zero-order valence-electron chi connectivity index (χ0n) is 18.6. The van der Waals surface area contributed by atoms with E-state index in [9.17, 15) is 50.3 Å². The number of rotatable bonds is 8. The maximum atomic E-state index is 14.4. The predicted molar refractivity (Wildman–Crippen MR) is 105 cm³/mol. The van der Waals surface area contributed by atoms with Gasteiger partial charge in [-0.25, -0.2) is 4.39 Å². The standard InChI is InChI=1S/C19H33FO15/c1-30-18-15(29)16(35-19-14(28)13(27)10(24)6(3-22)33-19)11(25)7(34-18)4-31-17-8(20)12(26)9(23)5(2-21)32-17/h5-19,21-29H,2-4H2,1H3/t5-,6-,7-,8+,9-,10-,11-,12-,13+,14+,15+,16+,17+,18-,19-/m1/s1. The van der Waals surface area contributed by atoms with E-state index in [0.29, 0.717) is 0 Å². The van der Waals surface area contributed by atoms with E-state index >= 15 is 0 Å². The smallest absolute Gasteiger partial charge is 0.192 e. The van der Waals surface area contributed by atoms with Gasteiger partial charge in [-0.15, -0.1) is 0 Å². The van der Waals surface area contributed by atoms with Gasteiger partial charge in [-0.1, -0.05) is 0 Å². The Hall–Kier alpha value is -0.670. The van der Waals surface area contributed by atoms with Crippen LogP contribution in [0, 0.1) is 0 Å². The van der Waals surface area contributed by atoms with E-state index in [2.05, 4.69) is 0 Å². The summed E-state index contributed by atoms with van der Waals surface area (Å²) < 4.78 is 45.9. The largest absolute Gasteiger partial charge is 0.394 e. The first-order chi connectivity index (χ1) is 16.5. The van der Waals surface area contributed by atoms with Crippen molar-refractivity contribution in [3.8, 4) is 0 Å². The zero-order valence-corrected chi connectivity index (χ0v) is 18.6. The van der Waals surface area contributed by atoms with Gasteiger partial charge in [-0.2, -0.15) is 0 Å². The lowest BCUT2D eigenvalue weighted by Gasteiger charge is -2.46. The van der Waals surface area contributed by atoms with Crippen LogP contribution in [-0.4, -0.2) is 165 Å². The first kappa shape index (κ1) is 28.9. The minimum atomic E-state index is -2.21. The van der Waals surface area contributed by atoms with Gasteiger partial charge >= 0.3 is 0 Å². The normalized spacial score (nSPS) is 51.3. The summed E-state index contributed by atoms with van der Waals surface area (Å²) in [5.74, 6) is 0. The molecule has 16 heteroatoms. The highest BCUT2D eigenvalue weighted by atomic mass is 19.1. The molecule has 15 nitrogen and oxygen atoms in total. The van der Waals surface area contributed by atoms with Crippen molar-refractivity contribution in [3.63, 3.8) is 0 Å². The number of hydrogen-bond donors (Lipinski definition) is 9. The highest BCUT2D eigenvalue weighted by Gasteiger charge is 2.52. The second-order valence-corrected chi connectivity index (χ2v) is 8.54. The van der Waals surface area contributed by atoms with E-state index < -0.39 is 112 Å². The first-order valence-electron chi connectivity index (χ1n) is 10.9. The second kappa shape index (κ2) is 12.2. The van der Waals surface area contributed by atoms with E-state index in [-0.39, 0.29) is 0 Å². The molecule has 3 heterocycles. The number of hydrogen-bond acceptors (Lipinski definition) is 15. The van der Waals surface area contributed by atoms with E-state index in [1.54, 1.807) is 0 Å². The molecule has 3 fully saturated rings. The molecule has 35 heavy (non-hydrogen) atoms. The quantitative estimate of drug-likeness (QED) is 0.145. The Morgan fingerprint density at radius 2 is 1.17 bits per heavy atom. The zero-order chi connectivity index (χ0) is 26.0. The fourth-order valence-electron chi connectivity index (χ4n) is 4.10. The summed E-state index contributed by atoms with van der Waals surface area (Å²) in [6, 6.07) is 0. The summed E-state index contributed by atoms with van der Waals surface area (Å²) in [6.07, 6.45) is -24.9. The van der Waals surface area contributed by atoms with E-state index in [1.807, 2.05) is 0 Å². The number of alkyl halides is 1. The molecule has 3 aliphatic heterocycles. The van der Waals surface area contributed by atoms with Gasteiger partial charge in [0.1, 0.15) is 67.1 Å². The maximum Gasteiger partial charge on any atom is 0.192 e. The maximum absolute atomic E-state index is 14.4. The van der Waals surface area contributed by atoms with Crippen molar-refractivity contribution in [1.82, 2.24) is 0 Å². The summed E-state index contributed by atoms with van der Waals surface area (Å²) in [5, 5.41) is 89.4. The Bertz CT molecular complexity index is 658. The highest BCUT2D eigenvalue weighted by Crippen LogP contribution is 2.31. The van der Waals surface area contributed by atoms with Crippen molar-refractivity contribution in [1.29, 1.82) is 0 Å². The molecule has 0 bridgehead atoms. The van der Waals surface area contributed by atoms with Crippen LogP contribution < -0.4 is 0 Å². The van der Waals surface area contributed by atoms with Gasteiger partial charge in [0.05, 0.1) is 19.8 Å². The van der Waals surface area contributed by atoms with Crippen molar-refractivity contribution in [3.05, 3.63) is 0 Å². The molecule has 3 saturated heterocycles. The van der Waals surface area contributed by atoms with Crippen LogP contribution in [0.25, 0.3) is 0 Å². The Morgan fingerprint density at radius 3 is 1.74 bits per heavy atom. The minimum Gasteiger partial charge on any atom is -0.394 e. The van der Waals surface area contributed by atoms with E-state index in [0.717, 1.165) is 0 Å². The molecule has 15 atom stereocenters. The van der Waals surface area contributed by atoms with Crippen LogP contribution in [-0.2, 0) is 28.4 Å². The van der Waals surface area contributed by atoms with Crippen molar-refractivity contribution in [2.75, 3.05) is 26.9 Å². The fourth-order valence-corrected chi connectivity index (χ4v) is 4.10. The number of aliphatic hydroxyl groups excluding tert-OH is 9. The monoisotopic (exact) mass is 520 g/mol. The Balaban J connectivity index is 1.69. The molecule has 0 unspecified atom stereocenters. The predicted octanol–water partition coefficient (Wildman–Crippen LogP) is -5.94. The van der Waals surface area contributed by atoms with Crippen molar-refractivity contribution < 1.29 is 78.8 Å².